The lowest BCUT2D eigenvalue weighted by Gasteiger charge is -2.28. The molecule has 0 saturated heterocycles. The Labute approximate surface area is 299 Å². The molecule has 3 aromatic rings. The van der Waals surface area contributed by atoms with Gasteiger partial charge in [-0.1, -0.05) is 42.5 Å². The molecule has 51 heavy (non-hydrogen) atoms. The second-order valence-corrected chi connectivity index (χ2v) is 13.4. The first-order valence-corrected chi connectivity index (χ1v) is 17.7. The molecule has 0 radical (unpaired) electrons. The summed E-state index contributed by atoms with van der Waals surface area (Å²) < 4.78 is 0. The van der Waals surface area contributed by atoms with E-state index in [0.29, 0.717) is 114 Å². The molecule has 6 rings (SSSR count). The third-order valence-corrected chi connectivity index (χ3v) is 9.61. The topological polar surface area (TPSA) is 135 Å². The first-order valence-electron chi connectivity index (χ1n) is 17.7. The van der Waals surface area contributed by atoms with Crippen LogP contribution in [-0.2, 0) is 0 Å². The molecule has 0 aliphatic heterocycles. The van der Waals surface area contributed by atoms with Crippen molar-refractivity contribution >= 4 is 40.2 Å². The first kappa shape index (κ1) is 35.7. The minimum absolute atomic E-state index is 0.0802. The minimum atomic E-state index is -0.166. The summed E-state index contributed by atoms with van der Waals surface area (Å²) in [4.78, 5) is 59.1. The fourth-order valence-electron chi connectivity index (χ4n) is 6.96. The van der Waals surface area contributed by atoms with Gasteiger partial charge in [0.15, 0.2) is 23.1 Å². The lowest BCUT2D eigenvalue weighted by Crippen LogP contribution is -2.33. The van der Waals surface area contributed by atoms with E-state index in [2.05, 4.69) is 36.4 Å². The zero-order valence-corrected chi connectivity index (χ0v) is 29.9. The number of anilines is 3. The highest BCUT2D eigenvalue weighted by atomic mass is 16.1. The highest BCUT2D eigenvalue weighted by Gasteiger charge is 2.37. The van der Waals surface area contributed by atoms with Crippen LogP contribution in [0.4, 0.5) is 17.1 Å². The van der Waals surface area contributed by atoms with E-state index in [1.807, 2.05) is 58.5 Å². The molecule has 0 saturated carbocycles. The van der Waals surface area contributed by atoms with E-state index in [4.69, 9.17) is 0 Å². The van der Waals surface area contributed by atoms with Crippen molar-refractivity contribution in [2.75, 3.05) is 96.5 Å². The van der Waals surface area contributed by atoms with E-state index >= 15 is 0 Å². The fraction of sp³-hybridized carbons (Fsp3) is 0.350. The minimum Gasteiger partial charge on any atom is -0.383 e. The fourth-order valence-corrected chi connectivity index (χ4v) is 6.96. The number of benzene rings is 3. The van der Waals surface area contributed by atoms with Crippen molar-refractivity contribution in [3.8, 4) is 0 Å². The third-order valence-electron chi connectivity index (χ3n) is 9.61. The van der Waals surface area contributed by atoms with Gasteiger partial charge in [0.05, 0.1) is 22.3 Å². The monoisotopic (exact) mass is 689 g/mol. The number of nitrogens with zero attached hydrogens (tertiary/aromatic N) is 2. The number of ketones is 4. The maximum absolute atomic E-state index is 13.8. The molecule has 3 aliphatic rings. The molecule has 0 aromatic heterocycles. The summed E-state index contributed by atoms with van der Waals surface area (Å²) in [6, 6.07) is 16.2. The van der Waals surface area contributed by atoms with Gasteiger partial charge >= 0.3 is 0 Å². The number of Topliss-reactive ketones (excluding diaryl/α,β-unsaturated/α-hetero) is 2. The van der Waals surface area contributed by atoms with Crippen LogP contribution in [0.25, 0.3) is 0 Å². The second-order valence-electron chi connectivity index (χ2n) is 13.4. The molecule has 0 spiro atoms. The number of hydrogen-bond acceptors (Lipinski definition) is 11. The molecule has 5 N–H and O–H groups in total. The zero-order chi connectivity index (χ0) is 36.1. The molecule has 0 atom stereocenters. The molecule has 11 nitrogen and oxygen atoms in total. The van der Waals surface area contributed by atoms with E-state index in [0.717, 1.165) is 18.8 Å². The van der Waals surface area contributed by atoms with Crippen LogP contribution in [0.3, 0.4) is 0 Å². The SMILES string of the molecule is CNCCNc1cccc2c1C(=O)c1cccc(NCCN(C)CCNc3cccc4c3C(=O)C3=C(C4=O)C(NCCN(C)C)=CCC3)c1C2=O. The van der Waals surface area contributed by atoms with Crippen LogP contribution < -0.4 is 26.6 Å². The van der Waals surface area contributed by atoms with Gasteiger partial charge in [0.1, 0.15) is 0 Å². The van der Waals surface area contributed by atoms with Crippen molar-refractivity contribution in [3.05, 3.63) is 111 Å². The van der Waals surface area contributed by atoms with Gasteiger partial charge in [0.25, 0.3) is 0 Å². The van der Waals surface area contributed by atoms with Crippen LogP contribution in [0, 0.1) is 0 Å². The lowest BCUT2D eigenvalue weighted by atomic mass is 9.78. The van der Waals surface area contributed by atoms with Crippen molar-refractivity contribution in [2.45, 2.75) is 12.8 Å². The molecule has 0 bridgehead atoms. The number of carbonyl (C=O) groups excluding carboxylic acids is 4. The van der Waals surface area contributed by atoms with Crippen molar-refractivity contribution < 1.29 is 19.2 Å². The Balaban J connectivity index is 1.06. The van der Waals surface area contributed by atoms with Crippen LogP contribution >= 0.6 is 0 Å². The maximum atomic E-state index is 13.8. The number of fused-ring (bicyclic) bond motifs is 3. The highest BCUT2D eigenvalue weighted by molar-refractivity contribution is 6.32. The number of hydrogen-bond donors (Lipinski definition) is 5. The molecule has 0 heterocycles. The Morgan fingerprint density at radius 2 is 1.06 bits per heavy atom. The van der Waals surface area contributed by atoms with Crippen molar-refractivity contribution in [3.63, 3.8) is 0 Å². The molecular weight excluding hydrogens is 642 g/mol. The van der Waals surface area contributed by atoms with E-state index in [1.165, 1.54) is 0 Å². The summed E-state index contributed by atoms with van der Waals surface area (Å²) in [5.41, 5.74) is 6.36. The van der Waals surface area contributed by atoms with Crippen molar-refractivity contribution in [2.24, 2.45) is 0 Å². The summed E-state index contributed by atoms with van der Waals surface area (Å²) in [5.74, 6) is -0.515. The number of rotatable bonds is 16. The Kier molecular flexibility index (Phi) is 11.1. The largest absolute Gasteiger partial charge is 0.383 e. The lowest BCUT2D eigenvalue weighted by molar-refractivity contribution is 0.0972. The van der Waals surface area contributed by atoms with Crippen LogP contribution in [0.2, 0.25) is 0 Å². The van der Waals surface area contributed by atoms with Crippen LogP contribution in [0.1, 0.15) is 65.4 Å². The molecule has 11 heteroatoms. The molecule has 0 amide bonds. The van der Waals surface area contributed by atoms with Gasteiger partial charge in [-0.25, -0.2) is 0 Å². The number of carbonyl (C=O) groups is 4. The van der Waals surface area contributed by atoms with E-state index < -0.39 is 0 Å². The molecule has 3 aliphatic carbocycles. The van der Waals surface area contributed by atoms with Gasteiger partial charge in [-0.3, -0.25) is 19.2 Å². The Morgan fingerprint density at radius 3 is 1.59 bits per heavy atom. The molecule has 266 valence electrons. The molecular formula is C40H47N7O4. The van der Waals surface area contributed by atoms with E-state index in [1.54, 1.807) is 30.3 Å². The van der Waals surface area contributed by atoms with Gasteiger partial charge in [0.2, 0.25) is 0 Å². The zero-order valence-electron chi connectivity index (χ0n) is 29.9. The van der Waals surface area contributed by atoms with Crippen LogP contribution in [0.15, 0.2) is 77.5 Å². The van der Waals surface area contributed by atoms with Gasteiger partial charge in [-0.15, -0.1) is 0 Å². The third kappa shape index (κ3) is 7.37. The number of likely N-dealkylation sites (N-methyl/N-ethyl adjacent to an activating group) is 3. The predicted molar refractivity (Wildman–Crippen MR) is 203 cm³/mol. The summed E-state index contributed by atoms with van der Waals surface area (Å²) in [6.45, 7) is 5.31. The van der Waals surface area contributed by atoms with Gasteiger partial charge in [-0.2, -0.15) is 0 Å². The average Bonchev–Trinajstić information content (AvgIpc) is 3.12. The smallest absolute Gasteiger partial charge is 0.196 e. The number of allylic oxidation sites excluding steroid dienone is 3. The standard InChI is InChI=1S/C40H47N7O4/c1-41-17-18-42-29-13-5-9-25-33(29)37(48)27-11-7-15-31(35(27)38(25)49)44-20-23-47(4)24-21-45-32-16-8-12-28-36(32)40(51)26-10-6-14-30(34(26)39(28)50)43-19-22-46(2)3/h5,7-9,11-16,41-45H,6,10,17-24H2,1-4H3. The maximum Gasteiger partial charge on any atom is 0.196 e. The van der Waals surface area contributed by atoms with Crippen molar-refractivity contribution in [1.29, 1.82) is 0 Å². The van der Waals surface area contributed by atoms with Gasteiger partial charge in [0, 0.05) is 97.4 Å². The normalized spacial score (nSPS) is 15.0. The Bertz CT molecular complexity index is 1930. The van der Waals surface area contributed by atoms with E-state index in [-0.39, 0.29) is 23.1 Å². The Hall–Kier alpha value is -5.10. The average molecular weight is 690 g/mol. The summed E-state index contributed by atoms with van der Waals surface area (Å²) >= 11 is 0. The van der Waals surface area contributed by atoms with Gasteiger partial charge in [-0.05, 0) is 59.2 Å². The summed E-state index contributed by atoms with van der Waals surface area (Å²) in [5, 5.41) is 16.5. The molecule has 3 aromatic carbocycles. The second kappa shape index (κ2) is 15.8. The highest BCUT2D eigenvalue weighted by Crippen LogP contribution is 2.38. The Morgan fingerprint density at radius 1 is 0.569 bits per heavy atom. The van der Waals surface area contributed by atoms with Crippen molar-refractivity contribution in [1.82, 2.24) is 20.4 Å². The number of nitrogens with one attached hydrogen (secondary N) is 5. The quantitative estimate of drug-likeness (QED) is 0.109. The molecule has 0 unspecified atom stereocenters. The molecule has 0 fully saturated rings. The summed E-state index contributed by atoms with van der Waals surface area (Å²) in [6.07, 6.45) is 3.29. The van der Waals surface area contributed by atoms with Crippen LogP contribution in [0.5, 0.6) is 0 Å². The van der Waals surface area contributed by atoms with E-state index in [9.17, 15) is 19.2 Å². The first-order chi connectivity index (χ1) is 24.7. The predicted octanol–water partition coefficient (Wildman–Crippen LogP) is 4.05. The summed E-state index contributed by atoms with van der Waals surface area (Å²) in [7, 11) is 7.87. The van der Waals surface area contributed by atoms with Crippen LogP contribution in [-0.4, -0.2) is 113 Å². The van der Waals surface area contributed by atoms with Gasteiger partial charge < -0.3 is 36.4 Å².